The van der Waals surface area contributed by atoms with Gasteiger partial charge in [-0.3, -0.25) is 0 Å². The van der Waals surface area contributed by atoms with Gasteiger partial charge in [-0.25, -0.2) is 8.42 Å². The van der Waals surface area contributed by atoms with E-state index in [1.54, 1.807) is 0 Å². The van der Waals surface area contributed by atoms with E-state index in [1.165, 1.54) is 31.9 Å². The average molecular weight is 275 g/mol. The van der Waals surface area contributed by atoms with E-state index < -0.39 is 9.84 Å². The molecule has 2 rings (SSSR count). The van der Waals surface area contributed by atoms with Gasteiger partial charge < -0.3 is 9.64 Å². The fraction of sp³-hybridized carbons (Fsp3) is 1.00. The number of hydrogen-bond donors (Lipinski definition) is 0. The summed E-state index contributed by atoms with van der Waals surface area (Å²) >= 11 is 0. The van der Waals surface area contributed by atoms with E-state index in [2.05, 4.69) is 4.90 Å². The van der Waals surface area contributed by atoms with Crippen molar-refractivity contribution in [3.63, 3.8) is 0 Å². The van der Waals surface area contributed by atoms with Gasteiger partial charge in [-0.2, -0.15) is 0 Å². The molecule has 2 heterocycles. The first kappa shape index (κ1) is 14.3. The zero-order valence-corrected chi connectivity index (χ0v) is 12.1. The van der Waals surface area contributed by atoms with Crippen LogP contribution in [0.25, 0.3) is 0 Å². The van der Waals surface area contributed by atoms with Gasteiger partial charge in [-0.1, -0.05) is 0 Å². The molecule has 106 valence electrons. The zero-order chi connectivity index (χ0) is 13.0. The molecule has 4 nitrogen and oxygen atoms in total. The summed E-state index contributed by atoms with van der Waals surface area (Å²) in [4.78, 5) is 2.30. The topological polar surface area (TPSA) is 46.6 Å². The van der Waals surface area contributed by atoms with Gasteiger partial charge in [-0.05, 0) is 50.6 Å². The van der Waals surface area contributed by atoms with Crippen LogP contribution < -0.4 is 0 Å². The lowest BCUT2D eigenvalue weighted by Crippen LogP contribution is -2.39. The van der Waals surface area contributed by atoms with Crippen LogP contribution in [0.15, 0.2) is 0 Å². The predicted molar refractivity (Wildman–Crippen MR) is 72.4 cm³/mol. The first-order valence-corrected chi connectivity index (χ1v) is 9.08. The molecule has 2 aliphatic heterocycles. The number of rotatable bonds is 4. The monoisotopic (exact) mass is 275 g/mol. The summed E-state index contributed by atoms with van der Waals surface area (Å²) in [7, 11) is -2.82. The lowest BCUT2D eigenvalue weighted by Gasteiger charge is -2.37. The molecule has 5 heteroatoms. The van der Waals surface area contributed by atoms with Crippen LogP contribution in [0, 0.1) is 11.8 Å². The van der Waals surface area contributed by atoms with E-state index in [-0.39, 0.29) is 0 Å². The van der Waals surface area contributed by atoms with Gasteiger partial charge in [0.05, 0.1) is 5.75 Å². The Morgan fingerprint density at radius 2 is 1.61 bits per heavy atom. The van der Waals surface area contributed by atoms with Gasteiger partial charge in [0.25, 0.3) is 0 Å². The Hall–Kier alpha value is -0.130. The number of piperidine rings is 1. The van der Waals surface area contributed by atoms with E-state index in [1.807, 2.05) is 0 Å². The molecule has 2 saturated heterocycles. The maximum atomic E-state index is 11.1. The number of likely N-dealkylation sites (tertiary alicyclic amines) is 1. The molecule has 0 unspecified atom stereocenters. The lowest BCUT2D eigenvalue weighted by molar-refractivity contribution is 0.0310. The molecule has 0 aromatic rings. The summed E-state index contributed by atoms with van der Waals surface area (Å²) in [6, 6.07) is 0. The van der Waals surface area contributed by atoms with E-state index >= 15 is 0 Å². The maximum absolute atomic E-state index is 11.1. The third-order valence-corrected chi connectivity index (χ3v) is 5.27. The lowest BCUT2D eigenvalue weighted by atomic mass is 9.80. The highest BCUT2D eigenvalue weighted by molar-refractivity contribution is 7.90. The van der Waals surface area contributed by atoms with Gasteiger partial charge in [0.1, 0.15) is 9.84 Å². The van der Waals surface area contributed by atoms with Crippen molar-refractivity contribution in [2.75, 3.05) is 44.9 Å². The van der Waals surface area contributed by atoms with Crippen LogP contribution in [0.2, 0.25) is 0 Å². The molecule has 0 aliphatic carbocycles. The van der Waals surface area contributed by atoms with Crippen molar-refractivity contribution < 1.29 is 13.2 Å². The Morgan fingerprint density at radius 3 is 2.17 bits per heavy atom. The van der Waals surface area contributed by atoms with E-state index in [4.69, 9.17) is 4.74 Å². The summed E-state index contributed by atoms with van der Waals surface area (Å²) in [5.41, 5.74) is 0. The first-order valence-electron chi connectivity index (χ1n) is 7.02. The summed E-state index contributed by atoms with van der Waals surface area (Å²) in [5.74, 6) is 1.98. The highest BCUT2D eigenvalue weighted by Gasteiger charge is 2.27. The van der Waals surface area contributed by atoms with Crippen molar-refractivity contribution in [1.29, 1.82) is 0 Å². The van der Waals surface area contributed by atoms with E-state index in [0.717, 1.165) is 38.1 Å². The van der Waals surface area contributed by atoms with Crippen molar-refractivity contribution in [2.24, 2.45) is 11.8 Å². The third-order valence-electron chi connectivity index (χ3n) is 4.34. The number of sulfone groups is 1. The van der Waals surface area contributed by atoms with Crippen LogP contribution in [-0.4, -0.2) is 58.2 Å². The highest BCUT2D eigenvalue weighted by atomic mass is 32.2. The molecule has 0 atom stereocenters. The van der Waals surface area contributed by atoms with Gasteiger partial charge in [-0.15, -0.1) is 0 Å². The van der Waals surface area contributed by atoms with Gasteiger partial charge in [0.2, 0.25) is 0 Å². The minimum Gasteiger partial charge on any atom is -0.381 e. The number of ether oxygens (including phenoxy) is 1. The zero-order valence-electron chi connectivity index (χ0n) is 11.3. The second-order valence-electron chi connectivity index (χ2n) is 5.76. The van der Waals surface area contributed by atoms with Crippen molar-refractivity contribution in [2.45, 2.75) is 25.7 Å². The van der Waals surface area contributed by atoms with Crippen molar-refractivity contribution in [3.8, 4) is 0 Å². The third kappa shape index (κ3) is 4.52. The van der Waals surface area contributed by atoms with Crippen LogP contribution in [0.3, 0.4) is 0 Å². The van der Waals surface area contributed by atoms with Crippen LogP contribution in [0.1, 0.15) is 25.7 Å². The number of nitrogens with zero attached hydrogens (tertiary/aromatic N) is 1. The molecule has 0 saturated carbocycles. The molecule has 18 heavy (non-hydrogen) atoms. The summed E-state index contributed by atoms with van der Waals surface area (Å²) < 4.78 is 27.7. The molecule has 0 bridgehead atoms. The summed E-state index contributed by atoms with van der Waals surface area (Å²) in [6.07, 6.45) is 6.21. The molecular weight excluding hydrogens is 250 g/mol. The Labute approximate surface area is 111 Å². The molecular formula is C13H25NO3S. The predicted octanol–water partition coefficient (Wildman–Crippen LogP) is 1.17. The maximum Gasteiger partial charge on any atom is 0.148 e. The normalized spacial score (nSPS) is 25.4. The fourth-order valence-electron chi connectivity index (χ4n) is 3.13. The minimum atomic E-state index is -2.82. The van der Waals surface area contributed by atoms with Crippen molar-refractivity contribution in [1.82, 2.24) is 4.90 Å². The summed E-state index contributed by atoms with van der Waals surface area (Å²) in [5, 5.41) is 0. The molecule has 0 aromatic carbocycles. The molecule has 0 aromatic heterocycles. The van der Waals surface area contributed by atoms with Gasteiger partial charge >= 0.3 is 0 Å². The quantitative estimate of drug-likeness (QED) is 0.773. The fourth-order valence-corrected chi connectivity index (χ4v) is 3.72. The Bertz CT molecular complexity index is 341. The minimum absolute atomic E-state index is 0.301. The first-order chi connectivity index (χ1) is 8.54. The van der Waals surface area contributed by atoms with Crippen LogP contribution in [0.5, 0.6) is 0 Å². The average Bonchev–Trinajstić information content (AvgIpc) is 2.37. The summed E-state index contributed by atoms with van der Waals surface area (Å²) in [6.45, 7) is 4.70. The van der Waals surface area contributed by atoms with Gasteiger partial charge in [0, 0.05) is 26.0 Å². The highest BCUT2D eigenvalue weighted by Crippen LogP contribution is 2.31. The molecule has 2 fully saturated rings. The van der Waals surface area contributed by atoms with E-state index in [0.29, 0.717) is 12.3 Å². The van der Waals surface area contributed by atoms with Crippen molar-refractivity contribution >= 4 is 9.84 Å². The second kappa shape index (κ2) is 6.35. The Morgan fingerprint density at radius 1 is 1.06 bits per heavy atom. The molecule has 0 spiro atoms. The van der Waals surface area contributed by atoms with E-state index in [9.17, 15) is 8.42 Å². The molecule has 2 aliphatic rings. The van der Waals surface area contributed by atoms with Crippen LogP contribution in [0.4, 0.5) is 0 Å². The molecule has 0 N–H and O–H groups in total. The smallest absolute Gasteiger partial charge is 0.148 e. The SMILES string of the molecule is CS(=O)(=O)CCN1CCC(C2CCOCC2)CC1. The second-order valence-corrected chi connectivity index (χ2v) is 8.02. The van der Waals surface area contributed by atoms with Crippen LogP contribution >= 0.6 is 0 Å². The van der Waals surface area contributed by atoms with Gasteiger partial charge in [0.15, 0.2) is 0 Å². The van der Waals surface area contributed by atoms with Crippen LogP contribution in [-0.2, 0) is 14.6 Å². The van der Waals surface area contributed by atoms with Crippen molar-refractivity contribution in [3.05, 3.63) is 0 Å². The Balaban J connectivity index is 1.70. The molecule has 0 amide bonds. The largest absolute Gasteiger partial charge is 0.381 e. The molecule has 0 radical (unpaired) electrons. The standard InChI is InChI=1S/C13H25NO3S/c1-18(15,16)11-8-14-6-2-12(3-7-14)13-4-9-17-10-5-13/h12-13H,2-11H2,1H3. The number of hydrogen-bond acceptors (Lipinski definition) is 4. The Kier molecular flexibility index (Phi) is 5.04.